The zero-order valence-electron chi connectivity index (χ0n) is 19.5. The first kappa shape index (κ1) is 25.4. The minimum Gasteiger partial charge on any atom is -0.370 e. The predicted molar refractivity (Wildman–Crippen MR) is 140 cm³/mol. The molecule has 2 N–H and O–H groups in total. The molecule has 1 fully saturated rings. The van der Waals surface area contributed by atoms with Crippen LogP contribution in [0.5, 0.6) is 0 Å². The molecule has 1 aliphatic heterocycles. The number of nitrogens with zero attached hydrogens (tertiary/aromatic N) is 3. The zero-order valence-corrected chi connectivity index (χ0v) is 21.9. The number of piperidine rings is 1. The average Bonchev–Trinajstić information content (AvgIpc) is 3.20. The summed E-state index contributed by atoms with van der Waals surface area (Å²) in [5.74, 6) is -0.629. The number of rotatable bonds is 5. The second-order valence-corrected chi connectivity index (χ2v) is 12.2. The Labute approximate surface area is 213 Å². The minimum absolute atomic E-state index is 0.167. The van der Waals surface area contributed by atoms with E-state index in [1.54, 1.807) is 18.2 Å². The third-order valence-electron chi connectivity index (χ3n) is 5.92. The van der Waals surface area contributed by atoms with Gasteiger partial charge in [-0.25, -0.2) is 18.2 Å². The van der Waals surface area contributed by atoms with Crippen LogP contribution in [0.4, 0.5) is 15.6 Å². The van der Waals surface area contributed by atoms with Gasteiger partial charge in [-0.2, -0.15) is 0 Å². The quantitative estimate of drug-likeness (QED) is 0.510. The van der Waals surface area contributed by atoms with Gasteiger partial charge in [0.05, 0.1) is 25.7 Å². The van der Waals surface area contributed by atoms with Gasteiger partial charge in [0.15, 0.2) is 15.0 Å². The number of amides is 3. The Balaban J connectivity index is 1.46. The fraction of sp³-hybridized carbons (Fsp3) is 0.348. The first-order valence-electron chi connectivity index (χ1n) is 10.9. The molecule has 0 radical (unpaired) electrons. The van der Waals surface area contributed by atoms with Gasteiger partial charge in [-0.05, 0) is 63.3 Å². The normalized spacial score (nSPS) is 16.5. The maximum absolute atomic E-state index is 12.8. The lowest BCUT2D eigenvalue weighted by Gasteiger charge is -2.37. The van der Waals surface area contributed by atoms with Crippen LogP contribution in [-0.2, 0) is 9.84 Å². The van der Waals surface area contributed by atoms with Crippen LogP contribution in [0.15, 0.2) is 41.3 Å². The molecular formula is C23H26ClN5O4S2. The monoisotopic (exact) mass is 535 g/mol. The smallest absolute Gasteiger partial charge is 0.327 e. The standard InChI is InChI=1S/C23H26ClN5O4S2/c1-28(2)15-5-4-10-29(13-15)14-6-8-18(24)17(11-14)21(30)26-22(31)27-23-25-19-9-7-16(35(3,32)33)12-20(19)34-23/h6-9,11-12,15H,4-5,10,13H2,1-3H3,(H2,25,26,27,30,31). The van der Waals surface area contributed by atoms with Crippen molar-refractivity contribution < 1.29 is 18.0 Å². The number of carbonyl (C=O) groups excluding carboxylic acids is 2. The third kappa shape index (κ3) is 5.92. The molecule has 35 heavy (non-hydrogen) atoms. The molecule has 0 spiro atoms. The van der Waals surface area contributed by atoms with E-state index in [0.717, 1.165) is 49.2 Å². The van der Waals surface area contributed by atoms with Crippen molar-refractivity contribution in [2.75, 3.05) is 43.7 Å². The summed E-state index contributed by atoms with van der Waals surface area (Å²) < 4.78 is 24.1. The predicted octanol–water partition coefficient (Wildman–Crippen LogP) is 3.85. The molecule has 4 rings (SSSR count). The number of urea groups is 1. The largest absolute Gasteiger partial charge is 0.370 e. The molecule has 1 aromatic heterocycles. The molecule has 0 aliphatic carbocycles. The molecule has 0 saturated carbocycles. The topological polar surface area (TPSA) is 112 Å². The van der Waals surface area contributed by atoms with Crippen molar-refractivity contribution in [2.45, 2.75) is 23.8 Å². The van der Waals surface area contributed by atoms with Gasteiger partial charge in [-0.15, -0.1) is 0 Å². The van der Waals surface area contributed by atoms with E-state index in [2.05, 4.69) is 39.5 Å². The Hall–Kier alpha value is -2.73. The number of aromatic nitrogens is 1. The van der Waals surface area contributed by atoms with E-state index in [-0.39, 0.29) is 20.6 Å². The Bertz CT molecular complexity index is 1390. The molecule has 2 heterocycles. The van der Waals surface area contributed by atoms with Gasteiger partial charge >= 0.3 is 6.03 Å². The highest BCUT2D eigenvalue weighted by atomic mass is 35.5. The number of imide groups is 1. The number of fused-ring (bicyclic) bond motifs is 1. The highest BCUT2D eigenvalue weighted by Crippen LogP contribution is 2.29. The van der Waals surface area contributed by atoms with Crippen LogP contribution in [0, 0.1) is 0 Å². The number of anilines is 2. The summed E-state index contributed by atoms with van der Waals surface area (Å²) >= 11 is 7.39. The Morgan fingerprint density at radius 3 is 2.69 bits per heavy atom. The number of thiazole rings is 1. The summed E-state index contributed by atoms with van der Waals surface area (Å²) in [6.45, 7) is 1.72. The number of likely N-dealkylation sites (N-methyl/N-ethyl adjacent to an activating group) is 1. The van der Waals surface area contributed by atoms with Gasteiger partial charge in [0.1, 0.15) is 0 Å². The Morgan fingerprint density at radius 2 is 1.97 bits per heavy atom. The van der Waals surface area contributed by atoms with Crippen molar-refractivity contribution in [3.05, 3.63) is 47.0 Å². The fourth-order valence-corrected chi connectivity index (χ4v) is 5.81. The Morgan fingerprint density at radius 1 is 1.20 bits per heavy atom. The van der Waals surface area contributed by atoms with Crippen LogP contribution in [0.25, 0.3) is 10.2 Å². The second-order valence-electron chi connectivity index (χ2n) is 8.70. The van der Waals surface area contributed by atoms with E-state index in [0.29, 0.717) is 16.3 Å². The van der Waals surface area contributed by atoms with E-state index in [4.69, 9.17) is 11.6 Å². The lowest BCUT2D eigenvalue weighted by molar-refractivity contribution is 0.0967. The van der Waals surface area contributed by atoms with E-state index in [9.17, 15) is 18.0 Å². The highest BCUT2D eigenvalue weighted by molar-refractivity contribution is 7.90. The van der Waals surface area contributed by atoms with E-state index in [1.165, 1.54) is 12.1 Å². The summed E-state index contributed by atoms with van der Waals surface area (Å²) in [6.07, 6.45) is 3.29. The van der Waals surface area contributed by atoms with Gasteiger partial charge < -0.3 is 9.80 Å². The maximum Gasteiger partial charge on any atom is 0.327 e. The molecule has 3 aromatic rings. The van der Waals surface area contributed by atoms with Gasteiger partial charge in [-0.3, -0.25) is 15.4 Å². The summed E-state index contributed by atoms with van der Waals surface area (Å²) in [5.41, 5.74) is 1.62. The molecule has 0 bridgehead atoms. The van der Waals surface area contributed by atoms with E-state index < -0.39 is 21.8 Å². The van der Waals surface area contributed by atoms with Crippen LogP contribution in [0.3, 0.4) is 0 Å². The van der Waals surface area contributed by atoms with Crippen molar-refractivity contribution in [3.8, 4) is 0 Å². The number of nitrogens with one attached hydrogen (secondary N) is 2. The number of benzene rings is 2. The summed E-state index contributed by atoms with van der Waals surface area (Å²) in [5, 5.41) is 5.31. The molecule has 9 nitrogen and oxygen atoms in total. The maximum atomic E-state index is 12.8. The van der Waals surface area contributed by atoms with Crippen molar-refractivity contribution in [3.63, 3.8) is 0 Å². The Kier molecular flexibility index (Phi) is 7.32. The number of hydrogen-bond acceptors (Lipinski definition) is 8. The SMILES string of the molecule is CN(C)C1CCCN(c2ccc(Cl)c(C(=O)NC(=O)Nc3nc4ccc(S(C)(=O)=O)cc4s3)c2)C1. The van der Waals surface area contributed by atoms with Crippen molar-refractivity contribution in [2.24, 2.45) is 0 Å². The zero-order chi connectivity index (χ0) is 25.3. The number of sulfone groups is 1. The molecule has 2 aromatic carbocycles. The average molecular weight is 536 g/mol. The van der Waals surface area contributed by atoms with Crippen LogP contribution in [-0.4, -0.2) is 69.7 Å². The summed E-state index contributed by atoms with van der Waals surface area (Å²) in [4.78, 5) is 34.2. The highest BCUT2D eigenvalue weighted by Gasteiger charge is 2.23. The summed E-state index contributed by atoms with van der Waals surface area (Å²) in [6, 6.07) is 9.44. The van der Waals surface area contributed by atoms with Crippen molar-refractivity contribution >= 4 is 65.7 Å². The van der Waals surface area contributed by atoms with E-state index >= 15 is 0 Å². The van der Waals surface area contributed by atoms with Crippen LogP contribution in [0.1, 0.15) is 23.2 Å². The molecule has 1 aliphatic rings. The number of halogens is 1. The molecule has 1 unspecified atom stereocenters. The molecule has 186 valence electrons. The number of carbonyl (C=O) groups is 2. The lowest BCUT2D eigenvalue weighted by atomic mass is 10.0. The van der Waals surface area contributed by atoms with Crippen LogP contribution in [0.2, 0.25) is 5.02 Å². The fourth-order valence-electron chi connectivity index (χ4n) is 3.98. The molecule has 12 heteroatoms. The molecule has 1 saturated heterocycles. The minimum atomic E-state index is -3.36. The van der Waals surface area contributed by atoms with Gasteiger partial charge in [0, 0.05) is 31.1 Å². The molecule has 1 atom stereocenters. The number of hydrogen-bond donors (Lipinski definition) is 2. The molecule has 3 amide bonds. The van der Waals surface area contributed by atoms with Gasteiger partial charge in [0.25, 0.3) is 5.91 Å². The van der Waals surface area contributed by atoms with E-state index in [1.807, 2.05) is 6.07 Å². The van der Waals surface area contributed by atoms with Crippen molar-refractivity contribution in [1.29, 1.82) is 0 Å². The van der Waals surface area contributed by atoms with Gasteiger partial charge in [0.2, 0.25) is 0 Å². The first-order chi connectivity index (χ1) is 16.5. The van der Waals surface area contributed by atoms with Gasteiger partial charge in [-0.1, -0.05) is 22.9 Å². The lowest BCUT2D eigenvalue weighted by Crippen LogP contribution is -2.45. The first-order valence-corrected chi connectivity index (χ1v) is 14.0. The second kappa shape index (κ2) is 10.1. The summed E-state index contributed by atoms with van der Waals surface area (Å²) in [7, 11) is 0.756. The van der Waals surface area contributed by atoms with Crippen molar-refractivity contribution in [1.82, 2.24) is 15.2 Å². The van der Waals surface area contributed by atoms with Crippen LogP contribution >= 0.6 is 22.9 Å². The van der Waals surface area contributed by atoms with Crippen LogP contribution < -0.4 is 15.5 Å². The third-order valence-corrected chi connectivity index (χ3v) is 8.30. The molecular weight excluding hydrogens is 510 g/mol.